The van der Waals surface area contributed by atoms with E-state index in [1.807, 2.05) is 12.1 Å². The predicted octanol–water partition coefficient (Wildman–Crippen LogP) is 1.09. The van der Waals surface area contributed by atoms with Crippen LogP contribution in [0.15, 0.2) is 22.8 Å². The molecular weight excluding hydrogens is 204 g/mol. The lowest BCUT2D eigenvalue weighted by molar-refractivity contribution is 0.0605. The third-order valence-electron chi connectivity index (χ3n) is 2.88. The second-order valence-corrected chi connectivity index (χ2v) is 4.13. The van der Waals surface area contributed by atoms with Gasteiger partial charge in [0, 0.05) is 19.1 Å². The first-order chi connectivity index (χ1) is 7.88. The lowest BCUT2D eigenvalue weighted by Crippen LogP contribution is -2.48. The van der Waals surface area contributed by atoms with Crippen molar-refractivity contribution in [3.63, 3.8) is 0 Å². The molecule has 2 rings (SSSR count). The quantitative estimate of drug-likeness (QED) is 0.812. The number of nitrogens with zero attached hydrogens (tertiary/aromatic N) is 1. The highest BCUT2D eigenvalue weighted by atomic mass is 16.5. The van der Waals surface area contributed by atoms with Crippen LogP contribution < -0.4 is 5.32 Å². The van der Waals surface area contributed by atoms with Crippen LogP contribution in [-0.4, -0.2) is 43.8 Å². The number of hydrogen-bond donors (Lipinski definition) is 1. The molecule has 0 aromatic carbocycles. The predicted molar refractivity (Wildman–Crippen MR) is 62.3 cm³/mol. The van der Waals surface area contributed by atoms with Gasteiger partial charge in [0.05, 0.1) is 26.0 Å². The molecule has 1 aliphatic heterocycles. The van der Waals surface area contributed by atoms with E-state index in [1.54, 1.807) is 6.26 Å². The molecule has 2 heterocycles. The fourth-order valence-corrected chi connectivity index (χ4v) is 1.98. The van der Waals surface area contributed by atoms with E-state index >= 15 is 0 Å². The highest BCUT2D eigenvalue weighted by molar-refractivity contribution is 4.98. The van der Waals surface area contributed by atoms with Crippen LogP contribution >= 0.6 is 0 Å². The molecular formula is C12H20N2O2. The highest BCUT2D eigenvalue weighted by Gasteiger charge is 2.16. The summed E-state index contributed by atoms with van der Waals surface area (Å²) in [5, 5.41) is 3.47. The molecule has 1 aromatic rings. The van der Waals surface area contributed by atoms with Gasteiger partial charge in [-0.3, -0.25) is 4.90 Å². The van der Waals surface area contributed by atoms with Gasteiger partial charge in [-0.25, -0.2) is 0 Å². The molecule has 1 atom stereocenters. The first kappa shape index (κ1) is 11.6. The smallest absolute Gasteiger partial charge is 0.117 e. The molecule has 1 unspecified atom stereocenters. The standard InChI is InChI=1S/C12H20N2O2/c1-2-14(9-12-4-3-6-16-12)8-11-10-15-7-5-13-11/h3-4,6,11,13H,2,5,7-10H2,1H3. The molecule has 16 heavy (non-hydrogen) atoms. The van der Waals surface area contributed by atoms with Crippen LogP contribution in [0.25, 0.3) is 0 Å². The summed E-state index contributed by atoms with van der Waals surface area (Å²) < 4.78 is 10.8. The average Bonchev–Trinajstić information content (AvgIpc) is 2.82. The van der Waals surface area contributed by atoms with E-state index in [9.17, 15) is 0 Å². The summed E-state index contributed by atoms with van der Waals surface area (Å²) in [6, 6.07) is 4.40. The minimum absolute atomic E-state index is 0.448. The van der Waals surface area contributed by atoms with Crippen LogP contribution in [0.4, 0.5) is 0 Å². The number of rotatable bonds is 5. The molecule has 1 saturated heterocycles. The van der Waals surface area contributed by atoms with Gasteiger partial charge in [-0.1, -0.05) is 6.92 Å². The number of hydrogen-bond acceptors (Lipinski definition) is 4. The van der Waals surface area contributed by atoms with Gasteiger partial charge < -0.3 is 14.5 Å². The maximum Gasteiger partial charge on any atom is 0.117 e. The van der Waals surface area contributed by atoms with Crippen LogP contribution in [-0.2, 0) is 11.3 Å². The Hall–Kier alpha value is -0.840. The maximum absolute atomic E-state index is 5.45. The van der Waals surface area contributed by atoms with Crippen molar-refractivity contribution >= 4 is 0 Å². The van der Waals surface area contributed by atoms with Crippen LogP contribution in [0.2, 0.25) is 0 Å². The van der Waals surface area contributed by atoms with Crippen LogP contribution in [0.3, 0.4) is 0 Å². The third-order valence-corrected chi connectivity index (χ3v) is 2.88. The molecule has 0 spiro atoms. The molecule has 0 amide bonds. The van der Waals surface area contributed by atoms with Crippen LogP contribution in [0.1, 0.15) is 12.7 Å². The summed E-state index contributed by atoms with van der Waals surface area (Å²) in [6.45, 7) is 7.70. The van der Waals surface area contributed by atoms with Crippen molar-refractivity contribution in [2.75, 3.05) is 32.8 Å². The van der Waals surface area contributed by atoms with E-state index in [4.69, 9.17) is 9.15 Å². The fraction of sp³-hybridized carbons (Fsp3) is 0.667. The maximum atomic E-state index is 5.45. The number of furan rings is 1. The molecule has 0 aliphatic carbocycles. The summed E-state index contributed by atoms with van der Waals surface area (Å²) in [5.74, 6) is 1.03. The number of morpholine rings is 1. The molecule has 1 aliphatic rings. The highest BCUT2D eigenvalue weighted by Crippen LogP contribution is 2.06. The fourth-order valence-electron chi connectivity index (χ4n) is 1.98. The zero-order valence-corrected chi connectivity index (χ0v) is 9.82. The molecule has 1 aromatic heterocycles. The van der Waals surface area contributed by atoms with Crippen molar-refractivity contribution in [3.8, 4) is 0 Å². The Kier molecular flexibility index (Phi) is 4.39. The van der Waals surface area contributed by atoms with E-state index in [0.717, 1.165) is 45.2 Å². The number of nitrogens with one attached hydrogen (secondary N) is 1. The molecule has 0 bridgehead atoms. The third kappa shape index (κ3) is 3.33. The van der Waals surface area contributed by atoms with Crippen molar-refractivity contribution in [2.45, 2.75) is 19.5 Å². The average molecular weight is 224 g/mol. The van der Waals surface area contributed by atoms with Gasteiger partial charge in [0.15, 0.2) is 0 Å². The first-order valence-electron chi connectivity index (χ1n) is 5.94. The van der Waals surface area contributed by atoms with Crippen molar-refractivity contribution in [3.05, 3.63) is 24.2 Å². The van der Waals surface area contributed by atoms with Crippen LogP contribution in [0.5, 0.6) is 0 Å². The molecule has 1 fully saturated rings. The molecule has 90 valence electrons. The Morgan fingerprint density at radius 2 is 2.50 bits per heavy atom. The second kappa shape index (κ2) is 6.03. The number of likely N-dealkylation sites (N-methyl/N-ethyl adjacent to an activating group) is 1. The zero-order chi connectivity index (χ0) is 11.2. The lowest BCUT2D eigenvalue weighted by atomic mass is 10.2. The van der Waals surface area contributed by atoms with Gasteiger partial charge >= 0.3 is 0 Å². The van der Waals surface area contributed by atoms with Gasteiger partial charge in [0.1, 0.15) is 5.76 Å². The molecule has 0 radical (unpaired) electrons. The topological polar surface area (TPSA) is 37.6 Å². The summed E-state index contributed by atoms with van der Waals surface area (Å²) in [4.78, 5) is 2.37. The largest absolute Gasteiger partial charge is 0.468 e. The Morgan fingerprint density at radius 3 is 3.12 bits per heavy atom. The summed E-state index contributed by atoms with van der Waals surface area (Å²) in [6.07, 6.45) is 1.73. The van der Waals surface area contributed by atoms with Gasteiger partial charge in [-0.2, -0.15) is 0 Å². The molecule has 4 nitrogen and oxygen atoms in total. The minimum atomic E-state index is 0.448. The van der Waals surface area contributed by atoms with E-state index in [0.29, 0.717) is 6.04 Å². The molecule has 0 saturated carbocycles. The summed E-state index contributed by atoms with van der Waals surface area (Å²) in [5.41, 5.74) is 0. The van der Waals surface area contributed by atoms with Gasteiger partial charge in [0.25, 0.3) is 0 Å². The van der Waals surface area contributed by atoms with Crippen molar-refractivity contribution < 1.29 is 9.15 Å². The van der Waals surface area contributed by atoms with E-state index in [2.05, 4.69) is 17.1 Å². The molecule has 1 N–H and O–H groups in total. The zero-order valence-electron chi connectivity index (χ0n) is 9.82. The van der Waals surface area contributed by atoms with E-state index < -0.39 is 0 Å². The lowest BCUT2D eigenvalue weighted by Gasteiger charge is -2.29. The van der Waals surface area contributed by atoms with Gasteiger partial charge in [-0.05, 0) is 18.7 Å². The minimum Gasteiger partial charge on any atom is -0.468 e. The Labute approximate surface area is 96.6 Å². The van der Waals surface area contributed by atoms with E-state index in [1.165, 1.54) is 0 Å². The second-order valence-electron chi connectivity index (χ2n) is 4.13. The summed E-state index contributed by atoms with van der Waals surface area (Å²) >= 11 is 0. The van der Waals surface area contributed by atoms with Crippen molar-refractivity contribution in [2.24, 2.45) is 0 Å². The SMILES string of the molecule is CCN(Cc1ccco1)CC1COCCN1. The normalized spacial score (nSPS) is 21.5. The Morgan fingerprint density at radius 1 is 1.56 bits per heavy atom. The Balaban J connectivity index is 1.80. The molecule has 4 heteroatoms. The van der Waals surface area contributed by atoms with E-state index in [-0.39, 0.29) is 0 Å². The van der Waals surface area contributed by atoms with Gasteiger partial charge in [0.2, 0.25) is 0 Å². The van der Waals surface area contributed by atoms with Gasteiger partial charge in [-0.15, -0.1) is 0 Å². The monoisotopic (exact) mass is 224 g/mol. The summed E-state index contributed by atoms with van der Waals surface area (Å²) in [7, 11) is 0. The number of ether oxygens (including phenoxy) is 1. The van der Waals surface area contributed by atoms with Crippen molar-refractivity contribution in [1.82, 2.24) is 10.2 Å². The first-order valence-corrected chi connectivity index (χ1v) is 5.94. The Bertz CT molecular complexity index is 281. The van der Waals surface area contributed by atoms with Crippen molar-refractivity contribution in [1.29, 1.82) is 0 Å². The van der Waals surface area contributed by atoms with Crippen LogP contribution in [0, 0.1) is 0 Å².